The molecule has 0 spiro atoms. The van der Waals surface area contributed by atoms with E-state index < -0.39 is 0 Å². The highest BCUT2D eigenvalue weighted by atomic mass is 16.2. The lowest BCUT2D eigenvalue weighted by Gasteiger charge is -2.09. The van der Waals surface area contributed by atoms with E-state index in [0.717, 1.165) is 22.1 Å². The van der Waals surface area contributed by atoms with Gasteiger partial charge in [0.15, 0.2) is 0 Å². The zero-order valence-corrected chi connectivity index (χ0v) is 13.0. The normalized spacial score (nSPS) is 10.7. The lowest BCUT2D eigenvalue weighted by atomic mass is 10.0. The molecular formula is C21H16N2O. The summed E-state index contributed by atoms with van der Waals surface area (Å²) in [6.07, 6.45) is 0. The first-order chi connectivity index (χ1) is 11.8. The number of carbonyl (C=O) groups is 1. The summed E-state index contributed by atoms with van der Waals surface area (Å²) in [4.78, 5) is 12.1. The van der Waals surface area contributed by atoms with E-state index in [4.69, 9.17) is 0 Å². The zero-order valence-electron chi connectivity index (χ0n) is 13.0. The molecule has 116 valence electrons. The van der Waals surface area contributed by atoms with Crippen molar-refractivity contribution in [2.75, 3.05) is 10.6 Å². The minimum atomic E-state index is -0.249. The van der Waals surface area contributed by atoms with Crippen LogP contribution in [0.25, 0.3) is 21.5 Å². The van der Waals surface area contributed by atoms with Crippen LogP contribution in [0.5, 0.6) is 0 Å². The SMILES string of the molecule is O=C(Nc1ccccc1)Nc1ccc2cc3ccccc3cc2c1. The van der Waals surface area contributed by atoms with Crippen LogP contribution in [0.15, 0.2) is 84.9 Å². The molecule has 0 aliphatic rings. The van der Waals surface area contributed by atoms with Crippen LogP contribution >= 0.6 is 0 Å². The summed E-state index contributed by atoms with van der Waals surface area (Å²) in [5.74, 6) is 0. The van der Waals surface area contributed by atoms with E-state index in [2.05, 4.69) is 34.9 Å². The number of para-hydroxylation sites is 1. The molecule has 24 heavy (non-hydrogen) atoms. The first kappa shape index (κ1) is 14.3. The summed E-state index contributed by atoms with van der Waals surface area (Å²) in [7, 11) is 0. The third-order valence-electron chi connectivity index (χ3n) is 3.99. The Hall–Kier alpha value is -3.33. The third-order valence-corrected chi connectivity index (χ3v) is 3.99. The topological polar surface area (TPSA) is 41.1 Å². The summed E-state index contributed by atoms with van der Waals surface area (Å²) in [6.45, 7) is 0. The number of hydrogen-bond acceptors (Lipinski definition) is 1. The molecule has 2 amide bonds. The van der Waals surface area contributed by atoms with Gasteiger partial charge in [-0.1, -0.05) is 48.5 Å². The van der Waals surface area contributed by atoms with Gasteiger partial charge in [-0.05, 0) is 57.9 Å². The van der Waals surface area contributed by atoms with E-state index in [0.29, 0.717) is 0 Å². The average molecular weight is 312 g/mol. The van der Waals surface area contributed by atoms with Gasteiger partial charge in [-0.2, -0.15) is 0 Å². The number of amides is 2. The second-order valence-corrected chi connectivity index (χ2v) is 5.71. The molecule has 0 radical (unpaired) electrons. The molecule has 3 heteroatoms. The Morgan fingerprint density at radius 1 is 0.542 bits per heavy atom. The number of fused-ring (bicyclic) bond motifs is 2. The molecule has 0 heterocycles. The van der Waals surface area contributed by atoms with Gasteiger partial charge < -0.3 is 10.6 Å². The van der Waals surface area contributed by atoms with Crippen LogP contribution in [0.3, 0.4) is 0 Å². The minimum Gasteiger partial charge on any atom is -0.308 e. The fourth-order valence-electron chi connectivity index (χ4n) is 2.83. The first-order valence-corrected chi connectivity index (χ1v) is 7.83. The fraction of sp³-hybridized carbons (Fsp3) is 0. The van der Waals surface area contributed by atoms with Crippen LogP contribution in [0.2, 0.25) is 0 Å². The van der Waals surface area contributed by atoms with E-state index in [-0.39, 0.29) is 6.03 Å². The summed E-state index contributed by atoms with van der Waals surface area (Å²) in [6, 6.07) is 27.7. The number of benzene rings is 4. The summed E-state index contributed by atoms with van der Waals surface area (Å²) >= 11 is 0. The minimum absolute atomic E-state index is 0.249. The van der Waals surface area contributed by atoms with E-state index in [1.54, 1.807) is 0 Å². The Balaban J connectivity index is 1.60. The first-order valence-electron chi connectivity index (χ1n) is 7.83. The second-order valence-electron chi connectivity index (χ2n) is 5.71. The highest BCUT2D eigenvalue weighted by molar-refractivity contribution is 6.03. The molecule has 0 aliphatic heterocycles. The van der Waals surface area contributed by atoms with E-state index >= 15 is 0 Å². The zero-order chi connectivity index (χ0) is 16.4. The number of nitrogens with one attached hydrogen (secondary N) is 2. The molecular weight excluding hydrogens is 296 g/mol. The monoisotopic (exact) mass is 312 g/mol. The summed E-state index contributed by atoms with van der Waals surface area (Å²) in [5.41, 5.74) is 1.54. The van der Waals surface area contributed by atoms with Crippen molar-refractivity contribution in [2.24, 2.45) is 0 Å². The van der Waals surface area contributed by atoms with Crippen LogP contribution in [-0.2, 0) is 0 Å². The number of urea groups is 1. The molecule has 4 aromatic carbocycles. The number of anilines is 2. The molecule has 0 saturated heterocycles. The Kier molecular flexibility index (Phi) is 3.60. The van der Waals surface area contributed by atoms with Crippen molar-refractivity contribution < 1.29 is 4.79 Å². The van der Waals surface area contributed by atoms with Gasteiger partial charge >= 0.3 is 6.03 Å². The summed E-state index contributed by atoms with van der Waals surface area (Å²) in [5, 5.41) is 10.4. The predicted octanol–water partition coefficient (Wildman–Crippen LogP) is 5.64. The van der Waals surface area contributed by atoms with Gasteiger partial charge in [-0.3, -0.25) is 0 Å². The fourth-order valence-corrected chi connectivity index (χ4v) is 2.83. The van der Waals surface area contributed by atoms with Crippen LogP contribution in [0, 0.1) is 0 Å². The van der Waals surface area contributed by atoms with Crippen molar-refractivity contribution in [3.63, 3.8) is 0 Å². The van der Waals surface area contributed by atoms with E-state index in [1.807, 2.05) is 60.7 Å². The molecule has 0 atom stereocenters. The highest BCUT2D eigenvalue weighted by Crippen LogP contribution is 2.25. The maximum Gasteiger partial charge on any atom is 0.323 e. The lowest BCUT2D eigenvalue weighted by molar-refractivity contribution is 0.262. The number of rotatable bonds is 2. The van der Waals surface area contributed by atoms with Crippen molar-refractivity contribution >= 4 is 39.0 Å². The predicted molar refractivity (Wildman–Crippen MR) is 101 cm³/mol. The molecule has 0 unspecified atom stereocenters. The molecule has 0 aromatic heterocycles. The van der Waals surface area contributed by atoms with Gasteiger partial charge in [0.2, 0.25) is 0 Å². The molecule has 4 rings (SSSR count). The van der Waals surface area contributed by atoms with Crippen molar-refractivity contribution in [1.82, 2.24) is 0 Å². The van der Waals surface area contributed by atoms with E-state index in [1.165, 1.54) is 10.8 Å². The molecule has 4 aromatic rings. The maximum absolute atomic E-state index is 12.1. The quantitative estimate of drug-likeness (QED) is 0.462. The highest BCUT2D eigenvalue weighted by Gasteiger charge is 2.04. The molecule has 3 nitrogen and oxygen atoms in total. The molecule has 0 fully saturated rings. The van der Waals surface area contributed by atoms with Crippen molar-refractivity contribution in [3.05, 3.63) is 84.9 Å². The molecule has 0 aliphatic carbocycles. The average Bonchev–Trinajstić information content (AvgIpc) is 2.60. The Bertz CT molecular complexity index is 1030. The van der Waals surface area contributed by atoms with Gasteiger partial charge in [0.25, 0.3) is 0 Å². The van der Waals surface area contributed by atoms with Crippen molar-refractivity contribution in [1.29, 1.82) is 0 Å². The maximum atomic E-state index is 12.1. The van der Waals surface area contributed by atoms with Crippen LogP contribution in [0.1, 0.15) is 0 Å². The second kappa shape index (κ2) is 6.05. The van der Waals surface area contributed by atoms with E-state index in [9.17, 15) is 4.79 Å². The molecule has 0 saturated carbocycles. The largest absolute Gasteiger partial charge is 0.323 e. The summed E-state index contributed by atoms with van der Waals surface area (Å²) < 4.78 is 0. The number of carbonyl (C=O) groups excluding carboxylic acids is 1. The number of hydrogen-bond donors (Lipinski definition) is 2. The van der Waals surface area contributed by atoms with Crippen LogP contribution < -0.4 is 10.6 Å². The Labute approximate surface area is 139 Å². The standard InChI is InChI=1S/C21H16N2O/c24-21(22-19-8-2-1-3-9-19)23-20-11-10-17-12-15-6-4-5-7-16(15)13-18(17)14-20/h1-14H,(H2,22,23,24). The van der Waals surface area contributed by atoms with Gasteiger partial charge in [-0.25, -0.2) is 4.79 Å². The van der Waals surface area contributed by atoms with Crippen molar-refractivity contribution in [2.45, 2.75) is 0 Å². The smallest absolute Gasteiger partial charge is 0.308 e. The van der Waals surface area contributed by atoms with Crippen LogP contribution in [-0.4, -0.2) is 6.03 Å². The van der Waals surface area contributed by atoms with Gasteiger partial charge in [0.05, 0.1) is 0 Å². The lowest BCUT2D eigenvalue weighted by Crippen LogP contribution is -2.19. The van der Waals surface area contributed by atoms with Gasteiger partial charge in [0, 0.05) is 11.4 Å². The van der Waals surface area contributed by atoms with Crippen LogP contribution in [0.4, 0.5) is 16.2 Å². The molecule has 2 N–H and O–H groups in total. The van der Waals surface area contributed by atoms with Crippen molar-refractivity contribution in [3.8, 4) is 0 Å². The molecule has 0 bridgehead atoms. The van der Waals surface area contributed by atoms with Gasteiger partial charge in [0.1, 0.15) is 0 Å². The van der Waals surface area contributed by atoms with Gasteiger partial charge in [-0.15, -0.1) is 0 Å². The Morgan fingerprint density at radius 2 is 1.12 bits per heavy atom. The third kappa shape index (κ3) is 2.92. The Morgan fingerprint density at radius 3 is 1.88 bits per heavy atom.